The molecule has 0 atom stereocenters. The van der Waals surface area contributed by atoms with Gasteiger partial charge in [0.2, 0.25) is 0 Å². The Morgan fingerprint density at radius 3 is 2.50 bits per heavy atom. The third-order valence-electron chi connectivity index (χ3n) is 4.31. The Bertz CT molecular complexity index is 900. The zero-order chi connectivity index (χ0) is 16.8. The monoisotopic (exact) mass is 324 g/mol. The zero-order valence-corrected chi connectivity index (χ0v) is 13.4. The normalized spacial score (nSPS) is 14.1. The van der Waals surface area contributed by atoms with E-state index in [4.69, 9.17) is 4.52 Å². The van der Waals surface area contributed by atoms with Crippen LogP contribution in [0.2, 0.25) is 0 Å². The van der Waals surface area contributed by atoms with Crippen LogP contribution in [0.15, 0.2) is 28.8 Å². The third kappa shape index (κ3) is 2.29. The minimum atomic E-state index is -1.03. The van der Waals surface area contributed by atoms with Crippen LogP contribution in [0.3, 0.4) is 0 Å². The SMILES string of the molecule is Cc1noc(C)c1-c1ccc(-n2nnc(C(=O)O)c2C2CC2)cc1. The standard InChI is InChI=1S/C17H16N4O3/c1-9-14(10(2)24-19-9)11-5-7-13(8-6-11)21-16(12-3-4-12)15(17(22)23)18-20-21/h5-8,12H,3-4H2,1-2H3,(H,22,23). The largest absolute Gasteiger partial charge is 0.476 e. The van der Waals surface area contributed by atoms with Gasteiger partial charge in [-0.3, -0.25) is 0 Å². The van der Waals surface area contributed by atoms with Crippen LogP contribution in [0.5, 0.6) is 0 Å². The van der Waals surface area contributed by atoms with Gasteiger partial charge in [0.15, 0.2) is 5.69 Å². The van der Waals surface area contributed by atoms with Gasteiger partial charge in [-0.1, -0.05) is 22.5 Å². The number of carboxylic acid groups (broad SMARTS) is 1. The van der Waals surface area contributed by atoms with E-state index in [0.717, 1.165) is 41.1 Å². The summed E-state index contributed by atoms with van der Waals surface area (Å²) in [6.45, 7) is 3.78. The first-order valence-electron chi connectivity index (χ1n) is 7.79. The number of aryl methyl sites for hydroxylation is 2. The molecule has 1 fully saturated rings. The van der Waals surface area contributed by atoms with Crippen molar-refractivity contribution in [1.29, 1.82) is 0 Å². The van der Waals surface area contributed by atoms with Crippen molar-refractivity contribution in [1.82, 2.24) is 20.2 Å². The smallest absolute Gasteiger partial charge is 0.358 e. The molecule has 7 nitrogen and oxygen atoms in total. The van der Waals surface area contributed by atoms with Gasteiger partial charge in [0, 0.05) is 11.5 Å². The van der Waals surface area contributed by atoms with E-state index in [1.54, 1.807) is 4.68 Å². The highest BCUT2D eigenvalue weighted by Crippen LogP contribution is 2.42. The number of nitrogens with zero attached hydrogens (tertiary/aromatic N) is 4. The van der Waals surface area contributed by atoms with Crippen molar-refractivity contribution in [2.24, 2.45) is 0 Å². The number of aromatic nitrogens is 4. The van der Waals surface area contributed by atoms with Crippen LogP contribution in [0.25, 0.3) is 16.8 Å². The predicted octanol–water partition coefficient (Wildman–Crippen LogP) is 3.11. The Labute approximate surface area is 137 Å². The molecule has 0 unspecified atom stereocenters. The Kier molecular flexibility index (Phi) is 3.23. The Hall–Kier alpha value is -2.96. The van der Waals surface area contributed by atoms with Gasteiger partial charge in [-0.2, -0.15) is 0 Å². The maximum absolute atomic E-state index is 11.3. The average molecular weight is 324 g/mol. The summed E-state index contributed by atoms with van der Waals surface area (Å²) in [7, 11) is 0. The summed E-state index contributed by atoms with van der Waals surface area (Å²) < 4.78 is 6.85. The highest BCUT2D eigenvalue weighted by Gasteiger charge is 2.34. The molecule has 122 valence electrons. The van der Waals surface area contributed by atoms with E-state index in [9.17, 15) is 9.90 Å². The molecule has 1 aliphatic rings. The molecule has 0 bridgehead atoms. The fourth-order valence-electron chi connectivity index (χ4n) is 3.02. The first-order chi connectivity index (χ1) is 11.6. The predicted molar refractivity (Wildman–Crippen MR) is 85.3 cm³/mol. The van der Waals surface area contributed by atoms with Crippen molar-refractivity contribution in [3.05, 3.63) is 47.1 Å². The Morgan fingerprint density at radius 1 is 1.25 bits per heavy atom. The molecule has 1 aliphatic carbocycles. The number of carboxylic acids is 1. The van der Waals surface area contributed by atoms with Crippen LogP contribution >= 0.6 is 0 Å². The van der Waals surface area contributed by atoms with Gasteiger partial charge in [-0.25, -0.2) is 9.48 Å². The first-order valence-corrected chi connectivity index (χ1v) is 7.79. The van der Waals surface area contributed by atoms with E-state index in [1.807, 2.05) is 38.1 Å². The van der Waals surface area contributed by atoms with Gasteiger partial charge in [-0.15, -0.1) is 5.10 Å². The van der Waals surface area contributed by atoms with Gasteiger partial charge < -0.3 is 9.63 Å². The lowest BCUT2D eigenvalue weighted by molar-refractivity contribution is 0.0689. The summed E-state index contributed by atoms with van der Waals surface area (Å²) in [5.41, 5.74) is 4.36. The molecule has 0 amide bonds. The fraction of sp³-hybridized carbons (Fsp3) is 0.294. The molecule has 3 aromatic rings. The number of rotatable bonds is 4. The van der Waals surface area contributed by atoms with Crippen molar-refractivity contribution in [3.8, 4) is 16.8 Å². The molecule has 1 aromatic carbocycles. The van der Waals surface area contributed by atoms with E-state index in [-0.39, 0.29) is 11.6 Å². The van der Waals surface area contributed by atoms with Crippen LogP contribution in [-0.2, 0) is 0 Å². The summed E-state index contributed by atoms with van der Waals surface area (Å²) >= 11 is 0. The second kappa shape index (κ2) is 5.30. The molecule has 0 saturated heterocycles. The van der Waals surface area contributed by atoms with Crippen LogP contribution < -0.4 is 0 Å². The van der Waals surface area contributed by atoms with E-state index in [0.29, 0.717) is 5.69 Å². The van der Waals surface area contributed by atoms with Gasteiger partial charge in [0.05, 0.1) is 17.1 Å². The fourth-order valence-corrected chi connectivity index (χ4v) is 3.02. The number of hydrogen-bond donors (Lipinski definition) is 1. The minimum Gasteiger partial charge on any atom is -0.476 e. The van der Waals surface area contributed by atoms with Crippen molar-refractivity contribution in [2.45, 2.75) is 32.6 Å². The van der Waals surface area contributed by atoms with E-state index in [2.05, 4.69) is 15.5 Å². The second-order valence-corrected chi connectivity index (χ2v) is 6.06. The van der Waals surface area contributed by atoms with Crippen LogP contribution in [0, 0.1) is 13.8 Å². The van der Waals surface area contributed by atoms with Crippen LogP contribution in [0.1, 0.15) is 46.4 Å². The topological polar surface area (TPSA) is 94.0 Å². The highest BCUT2D eigenvalue weighted by molar-refractivity contribution is 5.87. The summed E-state index contributed by atoms with van der Waals surface area (Å²) in [6, 6.07) is 7.74. The van der Waals surface area contributed by atoms with Crippen LogP contribution in [0.4, 0.5) is 0 Å². The number of aromatic carboxylic acids is 1. The van der Waals surface area contributed by atoms with Crippen molar-refractivity contribution < 1.29 is 14.4 Å². The first kappa shape index (κ1) is 14.6. The van der Waals surface area contributed by atoms with E-state index < -0.39 is 5.97 Å². The maximum atomic E-state index is 11.3. The molecule has 24 heavy (non-hydrogen) atoms. The molecule has 1 saturated carbocycles. The molecule has 2 heterocycles. The molecule has 0 aliphatic heterocycles. The van der Waals surface area contributed by atoms with Gasteiger partial charge in [-0.05, 0) is 44.4 Å². The van der Waals surface area contributed by atoms with Gasteiger partial charge in [0.25, 0.3) is 0 Å². The molecule has 4 rings (SSSR count). The second-order valence-electron chi connectivity index (χ2n) is 6.06. The Balaban J connectivity index is 1.75. The number of carbonyl (C=O) groups is 1. The summed E-state index contributed by atoms with van der Waals surface area (Å²) in [5.74, 6) is -0.0309. The molecular weight excluding hydrogens is 308 g/mol. The van der Waals surface area contributed by atoms with E-state index >= 15 is 0 Å². The molecule has 7 heteroatoms. The van der Waals surface area contributed by atoms with Crippen LogP contribution in [-0.4, -0.2) is 31.2 Å². The lowest BCUT2D eigenvalue weighted by Crippen LogP contribution is -2.05. The summed E-state index contributed by atoms with van der Waals surface area (Å²) in [5, 5.41) is 21.2. The molecular formula is C17H16N4O3. The zero-order valence-electron chi connectivity index (χ0n) is 13.4. The molecule has 0 spiro atoms. The lowest BCUT2D eigenvalue weighted by Gasteiger charge is -2.07. The number of benzene rings is 1. The quantitative estimate of drug-likeness (QED) is 0.792. The maximum Gasteiger partial charge on any atom is 0.358 e. The van der Waals surface area contributed by atoms with Crippen molar-refractivity contribution >= 4 is 5.97 Å². The highest BCUT2D eigenvalue weighted by atomic mass is 16.5. The van der Waals surface area contributed by atoms with E-state index in [1.165, 1.54) is 0 Å². The van der Waals surface area contributed by atoms with Crippen molar-refractivity contribution in [3.63, 3.8) is 0 Å². The van der Waals surface area contributed by atoms with Crippen molar-refractivity contribution in [2.75, 3.05) is 0 Å². The average Bonchev–Trinajstić information content (AvgIpc) is 3.22. The van der Waals surface area contributed by atoms with Gasteiger partial charge in [0.1, 0.15) is 5.76 Å². The number of hydrogen-bond acceptors (Lipinski definition) is 5. The lowest BCUT2D eigenvalue weighted by atomic mass is 10.0. The minimum absolute atomic E-state index is 0.0484. The van der Waals surface area contributed by atoms with Gasteiger partial charge >= 0.3 is 5.97 Å². The summed E-state index contributed by atoms with van der Waals surface area (Å²) in [4.78, 5) is 11.3. The third-order valence-corrected chi connectivity index (χ3v) is 4.31. The molecule has 0 radical (unpaired) electrons. The molecule has 1 N–H and O–H groups in total. The summed E-state index contributed by atoms with van der Waals surface area (Å²) in [6.07, 6.45) is 1.95. The Morgan fingerprint density at radius 2 is 1.96 bits per heavy atom. The molecule has 2 aromatic heterocycles.